The van der Waals surface area contributed by atoms with E-state index in [9.17, 15) is 4.39 Å². The average molecular weight is 178 g/mol. The van der Waals surface area contributed by atoms with Crippen molar-refractivity contribution in [2.75, 3.05) is 5.32 Å². The van der Waals surface area contributed by atoms with Gasteiger partial charge in [-0.25, -0.2) is 9.37 Å². The van der Waals surface area contributed by atoms with Crippen molar-refractivity contribution in [3.63, 3.8) is 0 Å². The van der Waals surface area contributed by atoms with Gasteiger partial charge >= 0.3 is 0 Å². The number of anilines is 1. The molecule has 68 valence electrons. The molecule has 1 rings (SSSR count). The van der Waals surface area contributed by atoms with Gasteiger partial charge in [-0.3, -0.25) is 0 Å². The molecule has 3 heteroatoms. The van der Waals surface area contributed by atoms with Gasteiger partial charge in [0, 0.05) is 6.20 Å². The van der Waals surface area contributed by atoms with E-state index in [1.807, 2.05) is 6.92 Å². The van der Waals surface area contributed by atoms with Gasteiger partial charge in [-0.1, -0.05) is 12.8 Å². The topological polar surface area (TPSA) is 24.9 Å². The van der Waals surface area contributed by atoms with Gasteiger partial charge in [0.15, 0.2) is 11.6 Å². The molecule has 0 saturated carbocycles. The van der Waals surface area contributed by atoms with Crippen LogP contribution in [0.25, 0.3) is 0 Å². The van der Waals surface area contributed by atoms with E-state index in [-0.39, 0.29) is 17.7 Å². The first-order chi connectivity index (χ1) is 6.27. The molecule has 1 atom stereocenters. The van der Waals surface area contributed by atoms with Crippen molar-refractivity contribution in [1.29, 1.82) is 0 Å². The van der Waals surface area contributed by atoms with Crippen LogP contribution >= 0.6 is 0 Å². The molecule has 0 aliphatic heterocycles. The molecule has 0 saturated heterocycles. The first-order valence-electron chi connectivity index (χ1n) is 4.11. The smallest absolute Gasteiger partial charge is 0.165 e. The van der Waals surface area contributed by atoms with Gasteiger partial charge in [0.25, 0.3) is 0 Å². The number of hydrogen-bond donors (Lipinski definition) is 1. The number of terminal acetylenes is 1. The van der Waals surface area contributed by atoms with Crippen molar-refractivity contribution in [3.8, 4) is 12.3 Å². The largest absolute Gasteiger partial charge is 0.354 e. The lowest BCUT2D eigenvalue weighted by Gasteiger charge is -2.11. The molecule has 1 heterocycles. The Morgan fingerprint density at radius 2 is 2.54 bits per heavy atom. The van der Waals surface area contributed by atoms with Crippen LogP contribution in [0.2, 0.25) is 0 Å². The second kappa shape index (κ2) is 4.46. The van der Waals surface area contributed by atoms with Crippen LogP contribution in [0.3, 0.4) is 0 Å². The zero-order valence-corrected chi connectivity index (χ0v) is 7.42. The monoisotopic (exact) mass is 178 g/mol. The highest BCUT2D eigenvalue weighted by Crippen LogP contribution is 2.10. The minimum Gasteiger partial charge on any atom is -0.354 e. The predicted molar refractivity (Wildman–Crippen MR) is 50.7 cm³/mol. The maximum Gasteiger partial charge on any atom is 0.165 e. The molecule has 0 radical (unpaired) electrons. The Morgan fingerprint density at radius 3 is 3.08 bits per heavy atom. The number of hydrogen-bond acceptors (Lipinski definition) is 2. The second-order valence-electron chi connectivity index (χ2n) is 2.61. The molecule has 0 fully saturated rings. The van der Waals surface area contributed by atoms with Gasteiger partial charge in [0.2, 0.25) is 0 Å². The zero-order chi connectivity index (χ0) is 9.68. The molecule has 1 aromatic rings. The highest BCUT2D eigenvalue weighted by Gasteiger charge is 2.05. The van der Waals surface area contributed by atoms with E-state index in [4.69, 9.17) is 6.42 Å². The van der Waals surface area contributed by atoms with Crippen LogP contribution in [-0.4, -0.2) is 11.0 Å². The Kier molecular flexibility index (Phi) is 3.27. The summed E-state index contributed by atoms with van der Waals surface area (Å²) < 4.78 is 13.0. The molecule has 13 heavy (non-hydrogen) atoms. The second-order valence-corrected chi connectivity index (χ2v) is 2.61. The Morgan fingerprint density at radius 1 is 1.77 bits per heavy atom. The fraction of sp³-hybridized carbons (Fsp3) is 0.300. The summed E-state index contributed by atoms with van der Waals surface area (Å²) in [5.74, 6) is 2.35. The van der Waals surface area contributed by atoms with Gasteiger partial charge < -0.3 is 5.32 Å². The van der Waals surface area contributed by atoms with Gasteiger partial charge in [-0.15, -0.1) is 6.42 Å². The molecule has 1 aromatic heterocycles. The molecular formula is C10H11FN2. The van der Waals surface area contributed by atoms with E-state index >= 15 is 0 Å². The number of nitrogens with one attached hydrogen (secondary N) is 1. The maximum atomic E-state index is 13.0. The SMILES string of the molecule is C#CC(CC)Nc1ncccc1F. The third-order valence-electron chi connectivity index (χ3n) is 1.68. The summed E-state index contributed by atoms with van der Waals surface area (Å²) in [6, 6.07) is 2.72. The van der Waals surface area contributed by atoms with Crippen LogP contribution in [0.15, 0.2) is 18.3 Å². The highest BCUT2D eigenvalue weighted by atomic mass is 19.1. The maximum absolute atomic E-state index is 13.0. The van der Waals surface area contributed by atoms with Gasteiger partial charge in [0.1, 0.15) is 0 Å². The summed E-state index contributed by atoms with van der Waals surface area (Å²) >= 11 is 0. The number of halogens is 1. The molecule has 0 aliphatic carbocycles. The van der Waals surface area contributed by atoms with Crippen LogP contribution in [0.1, 0.15) is 13.3 Å². The third kappa shape index (κ3) is 2.45. The Labute approximate surface area is 77.2 Å². The molecular weight excluding hydrogens is 167 g/mol. The summed E-state index contributed by atoms with van der Waals surface area (Å²) in [5, 5.41) is 2.82. The van der Waals surface area contributed by atoms with Crippen molar-refractivity contribution in [2.24, 2.45) is 0 Å². The Hall–Kier alpha value is -1.56. The summed E-state index contributed by atoms with van der Waals surface area (Å²) in [6.45, 7) is 1.93. The summed E-state index contributed by atoms with van der Waals surface area (Å²) in [7, 11) is 0. The van der Waals surface area contributed by atoms with Crippen molar-refractivity contribution < 1.29 is 4.39 Å². The van der Waals surface area contributed by atoms with Crippen LogP contribution in [-0.2, 0) is 0 Å². The molecule has 0 bridgehead atoms. The molecule has 0 aromatic carbocycles. The standard InChI is InChI=1S/C10H11FN2/c1-3-8(4-2)13-10-9(11)6-5-7-12-10/h1,5-8H,4H2,2H3,(H,12,13). The number of nitrogens with zero attached hydrogens (tertiary/aromatic N) is 1. The lowest BCUT2D eigenvalue weighted by molar-refractivity contribution is 0.622. The van der Waals surface area contributed by atoms with Gasteiger partial charge in [-0.2, -0.15) is 0 Å². The highest BCUT2D eigenvalue weighted by molar-refractivity contribution is 5.38. The van der Waals surface area contributed by atoms with Crippen LogP contribution in [0, 0.1) is 18.2 Å². The van der Waals surface area contributed by atoms with Crippen LogP contribution < -0.4 is 5.32 Å². The first-order valence-corrected chi connectivity index (χ1v) is 4.11. The normalized spacial score (nSPS) is 11.8. The van der Waals surface area contributed by atoms with Crippen LogP contribution in [0.4, 0.5) is 10.2 Å². The first kappa shape index (κ1) is 9.53. The zero-order valence-electron chi connectivity index (χ0n) is 7.42. The number of pyridine rings is 1. The van der Waals surface area contributed by atoms with E-state index in [0.717, 1.165) is 6.42 Å². The summed E-state index contributed by atoms with van der Waals surface area (Å²) in [6.07, 6.45) is 7.48. The number of rotatable bonds is 3. The Balaban J connectivity index is 2.74. The van der Waals surface area contributed by atoms with E-state index in [1.54, 1.807) is 0 Å². The lowest BCUT2D eigenvalue weighted by Crippen LogP contribution is -2.17. The Bertz CT molecular complexity index is 317. The van der Waals surface area contributed by atoms with E-state index in [0.29, 0.717) is 0 Å². The van der Waals surface area contributed by atoms with Crippen molar-refractivity contribution in [1.82, 2.24) is 4.98 Å². The number of aromatic nitrogens is 1. The lowest BCUT2D eigenvalue weighted by atomic mass is 10.2. The summed E-state index contributed by atoms with van der Waals surface area (Å²) in [5.41, 5.74) is 0. The van der Waals surface area contributed by atoms with Gasteiger partial charge in [-0.05, 0) is 18.6 Å². The van der Waals surface area contributed by atoms with Crippen molar-refractivity contribution in [2.45, 2.75) is 19.4 Å². The predicted octanol–water partition coefficient (Wildman–Crippen LogP) is 2.04. The molecule has 0 aliphatic rings. The molecule has 0 spiro atoms. The summed E-state index contributed by atoms with van der Waals surface area (Å²) in [4.78, 5) is 3.83. The third-order valence-corrected chi connectivity index (χ3v) is 1.68. The fourth-order valence-electron chi connectivity index (χ4n) is 0.919. The van der Waals surface area contributed by atoms with Crippen molar-refractivity contribution in [3.05, 3.63) is 24.1 Å². The quantitative estimate of drug-likeness (QED) is 0.716. The van der Waals surface area contributed by atoms with Gasteiger partial charge in [0.05, 0.1) is 6.04 Å². The molecule has 0 amide bonds. The minimum atomic E-state index is -0.379. The molecule has 1 N–H and O–H groups in total. The minimum absolute atomic E-state index is 0.163. The van der Waals surface area contributed by atoms with E-state index in [1.165, 1.54) is 18.3 Å². The fourth-order valence-corrected chi connectivity index (χ4v) is 0.919. The van der Waals surface area contributed by atoms with E-state index in [2.05, 4.69) is 16.2 Å². The molecule has 2 nitrogen and oxygen atoms in total. The van der Waals surface area contributed by atoms with Crippen molar-refractivity contribution >= 4 is 5.82 Å². The average Bonchev–Trinajstić information content (AvgIpc) is 2.17. The van der Waals surface area contributed by atoms with Crippen LogP contribution in [0.5, 0.6) is 0 Å². The van der Waals surface area contributed by atoms with E-state index < -0.39 is 0 Å². The molecule has 1 unspecified atom stereocenters.